The average molecular weight is 1880 g/mol. The number of piperidine rings is 3. The van der Waals surface area contributed by atoms with E-state index in [4.69, 9.17) is 49.4 Å². The number of phosphoric ester groups is 6. The third kappa shape index (κ3) is 38.3. The van der Waals surface area contributed by atoms with Crippen molar-refractivity contribution in [2.45, 2.75) is 168 Å². The number of nitrogens with zero attached hydrogens (tertiary/aromatic N) is 6. The van der Waals surface area contributed by atoms with Gasteiger partial charge in [-0.15, -0.1) is 0 Å². The van der Waals surface area contributed by atoms with Crippen LogP contribution in [0.4, 0.5) is 0 Å². The van der Waals surface area contributed by atoms with E-state index in [2.05, 4.69) is 33.6 Å². The van der Waals surface area contributed by atoms with Crippen molar-refractivity contribution in [3.63, 3.8) is 0 Å². The molecule has 3 aromatic carbocycles. The number of benzene rings is 3. The number of phosphoric acid groups is 6. The highest BCUT2D eigenvalue weighted by Gasteiger charge is 2.36. The Bertz CT molecular complexity index is 4840. The number of fused-ring (bicyclic) bond motifs is 3. The summed E-state index contributed by atoms with van der Waals surface area (Å²) >= 11 is 6.50. The maximum atomic E-state index is 13.4. The van der Waals surface area contributed by atoms with Crippen LogP contribution >= 0.6 is 58.5 Å². The largest absolute Gasteiger partial charge is 0.524 e. The molecule has 3 amide bonds. The first-order valence-electron chi connectivity index (χ1n) is 39.0. The molecule has 3 saturated heterocycles. The molecule has 0 aromatic heterocycles. The van der Waals surface area contributed by atoms with Crippen molar-refractivity contribution in [1.29, 1.82) is 0 Å². The van der Waals surface area contributed by atoms with Crippen LogP contribution in [-0.2, 0) is 89.8 Å². The molecule has 0 bridgehead atoms. The molecule has 42 nitrogen and oxygen atoms in total. The third-order valence-electron chi connectivity index (χ3n) is 18.2. The molecule has 49 heteroatoms. The first-order valence-corrected chi connectivity index (χ1v) is 48.5. The van der Waals surface area contributed by atoms with Crippen LogP contribution < -0.4 is 27.1 Å². The molecule has 2 atom stereocenters. The van der Waals surface area contributed by atoms with Crippen LogP contribution in [0.15, 0.2) is 118 Å². The second kappa shape index (κ2) is 48.9. The van der Waals surface area contributed by atoms with Gasteiger partial charge in [-0.05, 0) is 171 Å². The van der Waals surface area contributed by atoms with Crippen LogP contribution in [0, 0.1) is 0 Å². The number of carbonyl (C=O) groups is 6. The lowest BCUT2D eigenvalue weighted by Crippen LogP contribution is -2.37. The number of halogens is 1. The highest BCUT2D eigenvalue weighted by molar-refractivity contribution is 7.48. The van der Waals surface area contributed by atoms with Crippen molar-refractivity contribution >= 4 is 111 Å². The van der Waals surface area contributed by atoms with Gasteiger partial charge in [-0.2, -0.15) is 0 Å². The quantitative estimate of drug-likeness (QED) is 0.0155. The zero-order valence-corrected chi connectivity index (χ0v) is 73.8. The first-order chi connectivity index (χ1) is 58.3. The number of allylic oxidation sites excluding steroid dienone is 9. The Morgan fingerprint density at radius 3 is 1.18 bits per heavy atom. The smallest absolute Gasteiger partial charge is 0.462 e. The summed E-state index contributed by atoms with van der Waals surface area (Å²) in [5.41, 5.74) is -0.319. The number of carbonyl (C=O) groups excluding carboxylic acids is 6. The molecule has 3 aromatic rings. The van der Waals surface area contributed by atoms with Gasteiger partial charge in [0.15, 0.2) is 25.6 Å². The number of likely N-dealkylation sites (tertiary alicyclic amines) is 3. The van der Waals surface area contributed by atoms with Crippen LogP contribution in [0.25, 0.3) is 0 Å². The lowest BCUT2D eigenvalue weighted by Gasteiger charge is -2.26. The summed E-state index contributed by atoms with van der Waals surface area (Å²) in [5.74, 6) is -7.84. The lowest BCUT2D eigenvalue weighted by atomic mass is 9.98. The Kier molecular flexibility index (Phi) is 40.4. The van der Waals surface area contributed by atoms with Crippen LogP contribution in [0.5, 0.6) is 34.5 Å². The Balaban J connectivity index is 0.000000256. The Morgan fingerprint density at radius 1 is 0.419 bits per heavy atom. The van der Waals surface area contributed by atoms with E-state index in [0.717, 1.165) is 87.6 Å². The first kappa shape index (κ1) is 102. The van der Waals surface area contributed by atoms with Crippen LogP contribution in [0.2, 0.25) is 5.02 Å². The van der Waals surface area contributed by atoms with Crippen LogP contribution in [0.3, 0.4) is 0 Å². The number of oxime groups is 3. The average Bonchev–Trinajstić information content (AvgIpc) is 0.781. The summed E-state index contributed by atoms with van der Waals surface area (Å²) in [6, 6.07) is 4.41. The summed E-state index contributed by atoms with van der Waals surface area (Å²) in [6.07, 6.45) is 30.8. The van der Waals surface area contributed by atoms with Crippen LogP contribution in [-0.4, -0.2) is 204 Å². The number of rotatable bonds is 21. The second-order valence-corrected chi connectivity index (χ2v) is 36.0. The van der Waals surface area contributed by atoms with Crippen molar-refractivity contribution in [2.75, 3.05) is 65.7 Å². The predicted molar refractivity (Wildman–Crippen MR) is 444 cm³/mol. The molecule has 9 rings (SSSR count). The molecule has 6 heterocycles. The van der Waals surface area contributed by atoms with E-state index in [-0.39, 0.29) is 97.2 Å². The molecular formula is C75H101ClN6O36P6. The zero-order valence-electron chi connectivity index (χ0n) is 67.7. The molecule has 0 aliphatic carbocycles. The molecule has 0 unspecified atom stereocenters. The molecular weight excluding hydrogens is 1780 g/mol. The Labute approximate surface area is 717 Å². The fourth-order valence-electron chi connectivity index (χ4n) is 12.8. The van der Waals surface area contributed by atoms with Gasteiger partial charge >= 0.3 is 64.8 Å². The summed E-state index contributed by atoms with van der Waals surface area (Å²) in [7, 11) is -31.3. The van der Waals surface area contributed by atoms with E-state index in [1.54, 1.807) is 58.9 Å². The van der Waals surface area contributed by atoms with Crippen LogP contribution in [0.1, 0.15) is 184 Å². The molecule has 3 fully saturated rings. The maximum absolute atomic E-state index is 13.4. The van der Waals surface area contributed by atoms with Gasteiger partial charge in [0.2, 0.25) is 0 Å². The van der Waals surface area contributed by atoms with Gasteiger partial charge in [-0.25, -0.2) is 41.8 Å². The fraction of sp³-hybridized carbons (Fsp3) is 0.480. The Hall–Kier alpha value is -8.68. The maximum Gasteiger partial charge on any atom is 0.524 e. The van der Waals surface area contributed by atoms with E-state index in [9.17, 15) is 115 Å². The zero-order chi connectivity index (χ0) is 91.0. The van der Waals surface area contributed by atoms with Crippen molar-refractivity contribution in [2.24, 2.45) is 15.5 Å². The van der Waals surface area contributed by atoms with E-state index in [1.165, 1.54) is 0 Å². The number of cyclic esters (lactones) is 3. The SMILES string of the molecule is C/C1=C\C(=N/OCC(=O)N2CCCCC2)Cc2c(Cl)c(OP(=O)(O)O)cc(OP(=O)(O)O)c2C(=O)O[C@H](C)C/C=C/CC1.C[C@@H]1C/C=C/CC/C=C/C(=N\OCC(=O)N2CCCCC2)Cc2cc(OP(=O)(O)O)cc(OP(=O)(O)O)c2C(=O)O1.O=C1OCC/C=C/CC/C=C/C(=N\OCC(=O)N2CCCCC2)Cc2cc(OP(=O)(O)O)cc(OP(=O)(O)O)c21. The monoisotopic (exact) mass is 1880 g/mol. The molecule has 124 heavy (non-hydrogen) atoms. The van der Waals surface area contributed by atoms with Gasteiger partial charge in [-0.1, -0.05) is 81.2 Å². The summed E-state index contributed by atoms with van der Waals surface area (Å²) in [5, 5.41) is 11.7. The van der Waals surface area contributed by atoms with Gasteiger partial charge in [0, 0.05) is 89.6 Å². The van der Waals surface area contributed by atoms with Crippen molar-refractivity contribution in [1.82, 2.24) is 14.7 Å². The number of hydrogen-bond donors (Lipinski definition) is 12. The molecule has 6 aliphatic heterocycles. The number of esters is 3. The van der Waals surface area contributed by atoms with E-state index < -0.39 is 133 Å². The van der Waals surface area contributed by atoms with E-state index >= 15 is 0 Å². The molecule has 6 aliphatic rings. The fourth-order valence-corrected chi connectivity index (χ4v) is 15.5. The van der Waals surface area contributed by atoms with Gasteiger partial charge in [0.25, 0.3) is 17.7 Å². The second-order valence-electron chi connectivity index (χ2n) is 28.6. The molecule has 0 saturated carbocycles. The minimum atomic E-state index is -5.32. The van der Waals surface area contributed by atoms with E-state index in [0.29, 0.717) is 103 Å². The highest BCUT2D eigenvalue weighted by Crippen LogP contribution is 2.51. The molecule has 0 radical (unpaired) electrons. The number of ether oxygens (including phenoxy) is 3. The number of amides is 3. The number of hydrogen-bond acceptors (Lipinski definition) is 27. The van der Waals surface area contributed by atoms with Crippen molar-refractivity contribution < 1.29 is 171 Å². The lowest BCUT2D eigenvalue weighted by molar-refractivity contribution is -0.137. The molecule has 0 spiro atoms. The van der Waals surface area contributed by atoms with E-state index in [1.807, 2.05) is 43.4 Å². The minimum absolute atomic E-state index is 0.0404. The molecule has 684 valence electrons. The summed E-state index contributed by atoms with van der Waals surface area (Å²) in [6.45, 7) is 7.72. The van der Waals surface area contributed by atoms with Crippen molar-refractivity contribution in [3.8, 4) is 34.5 Å². The summed E-state index contributed by atoms with van der Waals surface area (Å²) < 4.78 is 114. The predicted octanol–water partition coefficient (Wildman–Crippen LogP) is 10.9. The van der Waals surface area contributed by atoms with Gasteiger partial charge in [0.1, 0.15) is 57.6 Å². The van der Waals surface area contributed by atoms with Gasteiger partial charge in [0.05, 0.1) is 28.8 Å². The Morgan fingerprint density at radius 2 is 0.766 bits per heavy atom. The minimum Gasteiger partial charge on any atom is -0.462 e. The summed E-state index contributed by atoms with van der Waals surface area (Å²) in [4.78, 5) is 211. The standard InChI is InChI=1S/C26H35ClN2O12P2.C25H34N2O12P2.C24H32N2O12P2/c1-17-9-5-3-6-10-18(2)39-26(31)24-20(14-19(13-17)28-38-16-23(30)29-11-7-4-8-12-29)25(27)22(41-43(35,36)37)15-21(24)40-42(32,33)34;1-18-10-6-3-2-4-7-11-20(26-36-17-23(28)27-12-8-5-9-13-27)14-19-15-21(38-40(30,31)32)16-22(39-41(33,34)35)24(19)25(29)37-18;27-22(26-11-7-5-8-12-26)17-36-25-19-10-6-3-1-2-4-9-13-35-24(28)23-18(14-19)15-20(37-39(29,30)31)16-21(23)38-40(32,33)34/h3,6,13,15,18H,4-5,7-12,14,16H2,1-2H3,(H2,32,33,34)(H2,35,36,37);3,6-7,11,15-16,18H,2,4-5,8-10,12-14,17H2,1H3,(H2,30,31,32)(H2,33,34,35);2,4,6,10,15-16H,1,3,5,7-9,11-14,17H2,(H2,29,30,31)(H2,32,33,34)/b6-3+,17-13+,28-19+;6-3+,11-7+,26-20+;4-2+,10-6+,25-19+/t2*18-;/m11./s1. The van der Waals surface area contributed by atoms with Gasteiger partial charge < -0.3 is 70.6 Å². The topological polar surface area (TPSA) is 605 Å². The molecule has 12 N–H and O–H groups in total. The third-order valence-corrected chi connectivity index (χ3v) is 21.2. The van der Waals surface area contributed by atoms with Gasteiger partial charge in [-0.3, -0.25) is 73.1 Å². The normalized spacial score (nSPS) is 21.3. The van der Waals surface area contributed by atoms with Crippen molar-refractivity contribution in [3.05, 3.63) is 141 Å². The highest BCUT2D eigenvalue weighted by atomic mass is 35.5.